The summed E-state index contributed by atoms with van der Waals surface area (Å²) < 4.78 is 0. The molecule has 5 heteroatoms. The third-order valence-electron chi connectivity index (χ3n) is 1.94. The molecule has 2 nitrogen and oxygen atoms in total. The zero-order chi connectivity index (χ0) is 11.7. The van der Waals surface area contributed by atoms with Crippen molar-refractivity contribution in [3.05, 3.63) is 28.5 Å². The number of hydrogen-bond acceptors (Lipinski definition) is 3. The van der Waals surface area contributed by atoms with Gasteiger partial charge in [-0.15, -0.1) is 11.8 Å². The van der Waals surface area contributed by atoms with Crippen molar-refractivity contribution < 1.29 is 0 Å². The summed E-state index contributed by atoms with van der Waals surface area (Å²) in [7, 11) is 0. The van der Waals surface area contributed by atoms with E-state index in [2.05, 4.69) is 23.8 Å². The molecule has 0 bridgehead atoms. The van der Waals surface area contributed by atoms with Crippen LogP contribution in [0.25, 0.3) is 10.9 Å². The van der Waals surface area contributed by atoms with Gasteiger partial charge in [-0.3, -0.25) is 0 Å². The summed E-state index contributed by atoms with van der Waals surface area (Å²) in [5.41, 5.74) is 0.788. The highest BCUT2D eigenvalue weighted by molar-refractivity contribution is 8.00. The van der Waals surface area contributed by atoms with Crippen LogP contribution in [0.4, 0.5) is 0 Å². The molecular weight excluding hydrogens is 263 g/mol. The Morgan fingerprint density at radius 2 is 1.94 bits per heavy atom. The average Bonchev–Trinajstić information content (AvgIpc) is 2.15. The second-order valence-electron chi connectivity index (χ2n) is 3.63. The topological polar surface area (TPSA) is 25.8 Å². The number of benzene rings is 1. The van der Waals surface area contributed by atoms with Gasteiger partial charge in [-0.2, -0.15) is 0 Å². The minimum absolute atomic E-state index is 0.262. The van der Waals surface area contributed by atoms with Gasteiger partial charge in [0, 0.05) is 15.7 Å². The molecule has 2 rings (SSSR count). The van der Waals surface area contributed by atoms with E-state index in [1.165, 1.54) is 0 Å². The number of fused-ring (bicyclic) bond motifs is 1. The lowest BCUT2D eigenvalue weighted by Crippen LogP contribution is -1.93. The van der Waals surface area contributed by atoms with Gasteiger partial charge in [-0.1, -0.05) is 25.4 Å². The van der Waals surface area contributed by atoms with Crippen LogP contribution >= 0.6 is 35.0 Å². The molecule has 0 aliphatic heterocycles. The minimum Gasteiger partial charge on any atom is -0.218 e. The number of halogens is 2. The van der Waals surface area contributed by atoms with Crippen LogP contribution in [0.3, 0.4) is 0 Å². The number of rotatable bonds is 2. The Bertz CT molecular complexity index is 523. The van der Waals surface area contributed by atoms with Gasteiger partial charge in [0.15, 0.2) is 0 Å². The second-order valence-corrected chi connectivity index (χ2v) is 5.97. The zero-order valence-electron chi connectivity index (χ0n) is 8.87. The summed E-state index contributed by atoms with van der Waals surface area (Å²) in [6.45, 7) is 4.23. The maximum atomic E-state index is 5.92. The van der Waals surface area contributed by atoms with Crippen molar-refractivity contribution in [1.82, 2.24) is 9.97 Å². The molecule has 1 aromatic carbocycles. The molecule has 0 saturated carbocycles. The van der Waals surface area contributed by atoms with Crippen molar-refractivity contribution >= 4 is 45.9 Å². The Balaban J connectivity index is 2.63. The van der Waals surface area contributed by atoms with Crippen molar-refractivity contribution in [2.75, 3.05) is 0 Å². The summed E-state index contributed by atoms with van der Waals surface area (Å²) in [6, 6.07) is 5.57. The molecule has 0 aliphatic carbocycles. The van der Waals surface area contributed by atoms with Crippen LogP contribution in [-0.4, -0.2) is 15.2 Å². The Hall–Kier alpha value is -0.510. The van der Waals surface area contributed by atoms with Gasteiger partial charge in [0.2, 0.25) is 5.28 Å². The van der Waals surface area contributed by atoms with Crippen LogP contribution < -0.4 is 0 Å². The van der Waals surface area contributed by atoms with Crippen LogP contribution in [0.5, 0.6) is 0 Å². The van der Waals surface area contributed by atoms with Crippen LogP contribution in [-0.2, 0) is 0 Å². The summed E-state index contributed by atoms with van der Waals surface area (Å²) in [4.78, 5) is 8.41. The first kappa shape index (κ1) is 12.0. The minimum atomic E-state index is 0.262. The third-order valence-corrected chi connectivity index (χ3v) is 3.35. The second kappa shape index (κ2) is 4.78. The number of nitrogens with zero attached hydrogens (tertiary/aromatic N) is 2. The molecule has 0 radical (unpaired) electrons. The van der Waals surface area contributed by atoms with Gasteiger partial charge >= 0.3 is 0 Å². The van der Waals surface area contributed by atoms with Crippen molar-refractivity contribution in [3.63, 3.8) is 0 Å². The van der Waals surface area contributed by atoms with E-state index in [0.29, 0.717) is 10.3 Å². The molecule has 84 valence electrons. The molecule has 0 atom stereocenters. The van der Waals surface area contributed by atoms with Crippen LogP contribution in [0.2, 0.25) is 10.3 Å². The number of thioether (sulfide) groups is 1. The smallest absolute Gasteiger partial charge is 0.218 e. The van der Waals surface area contributed by atoms with E-state index in [-0.39, 0.29) is 5.28 Å². The molecule has 0 saturated heterocycles. The highest BCUT2D eigenvalue weighted by Gasteiger charge is 2.09. The van der Waals surface area contributed by atoms with Crippen LogP contribution in [0, 0.1) is 0 Å². The van der Waals surface area contributed by atoms with Gasteiger partial charge in [-0.25, -0.2) is 9.97 Å². The van der Waals surface area contributed by atoms with Crippen LogP contribution in [0.1, 0.15) is 13.8 Å². The van der Waals surface area contributed by atoms with E-state index in [4.69, 9.17) is 23.2 Å². The fraction of sp³-hybridized carbons (Fsp3) is 0.273. The third kappa shape index (κ3) is 2.59. The summed E-state index contributed by atoms with van der Waals surface area (Å²) in [5.74, 6) is 0. The summed E-state index contributed by atoms with van der Waals surface area (Å²) in [5, 5.41) is 3.26. The van der Waals surface area contributed by atoms with Gasteiger partial charge in [0.05, 0.1) is 5.52 Å². The molecule has 0 spiro atoms. The molecule has 0 amide bonds. The van der Waals surface area contributed by atoms with Crippen molar-refractivity contribution in [3.8, 4) is 0 Å². The van der Waals surface area contributed by atoms with Crippen molar-refractivity contribution in [2.24, 2.45) is 0 Å². The predicted octanol–water partition coefficient (Wildman–Crippen LogP) is 4.44. The lowest BCUT2D eigenvalue weighted by molar-refractivity contribution is 1.06. The molecular formula is C11H10Cl2N2S. The molecule has 1 aromatic heterocycles. The summed E-state index contributed by atoms with van der Waals surface area (Å²) >= 11 is 13.5. The monoisotopic (exact) mass is 272 g/mol. The molecule has 16 heavy (non-hydrogen) atoms. The maximum absolute atomic E-state index is 5.92. The van der Waals surface area contributed by atoms with E-state index in [1.54, 1.807) is 17.8 Å². The van der Waals surface area contributed by atoms with Crippen LogP contribution in [0.15, 0.2) is 23.2 Å². The molecule has 1 heterocycles. The van der Waals surface area contributed by atoms with Gasteiger partial charge < -0.3 is 0 Å². The fourth-order valence-electron chi connectivity index (χ4n) is 1.36. The quantitative estimate of drug-likeness (QED) is 0.459. The lowest BCUT2D eigenvalue weighted by Gasteiger charge is -2.07. The largest absolute Gasteiger partial charge is 0.224 e. The van der Waals surface area contributed by atoms with Crippen molar-refractivity contribution in [1.29, 1.82) is 0 Å². The highest BCUT2D eigenvalue weighted by Crippen LogP contribution is 2.30. The van der Waals surface area contributed by atoms with Crippen molar-refractivity contribution in [2.45, 2.75) is 24.1 Å². The normalized spacial score (nSPS) is 11.3. The predicted molar refractivity (Wildman–Crippen MR) is 70.6 cm³/mol. The molecule has 0 unspecified atom stereocenters. The van der Waals surface area contributed by atoms with Gasteiger partial charge in [0.1, 0.15) is 5.03 Å². The van der Waals surface area contributed by atoms with E-state index < -0.39 is 0 Å². The van der Waals surface area contributed by atoms with Gasteiger partial charge in [0.25, 0.3) is 0 Å². The first-order valence-corrected chi connectivity index (χ1v) is 6.49. The zero-order valence-corrected chi connectivity index (χ0v) is 11.2. The standard InChI is InChI=1S/C11H10Cl2N2S/c1-6(2)16-10-8-4-3-7(12)5-9(8)14-11(13)15-10/h3-6H,1-2H3. The van der Waals surface area contributed by atoms with E-state index in [9.17, 15) is 0 Å². The Morgan fingerprint density at radius 3 is 2.62 bits per heavy atom. The lowest BCUT2D eigenvalue weighted by atomic mass is 10.2. The van der Waals surface area contributed by atoms with Gasteiger partial charge in [-0.05, 0) is 29.8 Å². The summed E-state index contributed by atoms with van der Waals surface area (Å²) in [6.07, 6.45) is 0. The van der Waals surface area contributed by atoms with E-state index in [1.807, 2.05) is 12.1 Å². The average molecular weight is 273 g/mol. The van der Waals surface area contributed by atoms with E-state index >= 15 is 0 Å². The first-order chi connectivity index (χ1) is 7.56. The number of aromatic nitrogens is 2. The molecule has 2 aromatic rings. The Morgan fingerprint density at radius 1 is 1.19 bits per heavy atom. The Labute approximate surface area is 108 Å². The first-order valence-electron chi connectivity index (χ1n) is 4.85. The number of hydrogen-bond donors (Lipinski definition) is 0. The molecule has 0 fully saturated rings. The highest BCUT2D eigenvalue weighted by atomic mass is 35.5. The Kier molecular flexibility index (Phi) is 3.57. The fourth-order valence-corrected chi connectivity index (χ4v) is 2.64. The maximum Gasteiger partial charge on any atom is 0.224 e. The SMILES string of the molecule is CC(C)Sc1nc(Cl)nc2cc(Cl)ccc12. The van der Waals surface area contributed by atoms with E-state index in [0.717, 1.165) is 15.9 Å². The molecule has 0 N–H and O–H groups in total. The molecule has 0 aliphatic rings.